The van der Waals surface area contributed by atoms with Crippen molar-refractivity contribution in [2.24, 2.45) is 5.92 Å². The van der Waals surface area contributed by atoms with E-state index in [1.807, 2.05) is 11.3 Å². The Labute approximate surface area is 103 Å². The third-order valence-corrected chi connectivity index (χ3v) is 4.64. The molecule has 1 aromatic rings. The van der Waals surface area contributed by atoms with Crippen LogP contribution in [0.4, 0.5) is 5.00 Å². The van der Waals surface area contributed by atoms with Crippen molar-refractivity contribution in [3.05, 3.63) is 17.0 Å². The molecule has 0 unspecified atom stereocenters. The first-order chi connectivity index (χ1) is 7.77. The number of thiophene rings is 1. The van der Waals surface area contributed by atoms with E-state index >= 15 is 0 Å². The van der Waals surface area contributed by atoms with E-state index in [0.29, 0.717) is 0 Å². The van der Waals surface area contributed by atoms with Gasteiger partial charge in [-0.25, -0.2) is 0 Å². The van der Waals surface area contributed by atoms with Crippen LogP contribution in [0.5, 0.6) is 0 Å². The van der Waals surface area contributed by atoms with Crippen molar-refractivity contribution in [1.82, 2.24) is 5.32 Å². The van der Waals surface area contributed by atoms with Crippen molar-refractivity contribution in [3.63, 3.8) is 0 Å². The molecule has 2 rings (SSSR count). The van der Waals surface area contributed by atoms with Gasteiger partial charge in [0.05, 0.1) is 5.00 Å². The molecular weight excluding hydrogens is 216 g/mol. The molecule has 3 heteroatoms. The maximum Gasteiger partial charge on any atom is 0.0935 e. The Bertz CT molecular complexity index is 315. The van der Waals surface area contributed by atoms with E-state index in [2.05, 4.69) is 35.6 Å². The van der Waals surface area contributed by atoms with Crippen molar-refractivity contribution >= 4 is 16.3 Å². The second-order valence-electron chi connectivity index (χ2n) is 4.81. The summed E-state index contributed by atoms with van der Waals surface area (Å²) in [6.07, 6.45) is 4.06. The fourth-order valence-electron chi connectivity index (χ4n) is 2.40. The van der Waals surface area contributed by atoms with Gasteiger partial charge >= 0.3 is 0 Å². The molecule has 2 heterocycles. The van der Waals surface area contributed by atoms with Crippen LogP contribution in [0, 0.1) is 12.8 Å². The minimum atomic E-state index is 0.934. The summed E-state index contributed by atoms with van der Waals surface area (Å²) in [5, 5.41) is 7.05. The van der Waals surface area contributed by atoms with Crippen LogP contribution >= 0.6 is 11.3 Å². The molecule has 1 aliphatic rings. The number of hydrogen-bond donors (Lipinski definition) is 1. The first kappa shape index (κ1) is 11.9. The normalized spacial score (nSPS) is 17.6. The van der Waals surface area contributed by atoms with E-state index in [1.54, 1.807) is 0 Å². The molecule has 1 N–H and O–H groups in total. The average molecular weight is 238 g/mol. The number of nitrogens with zero attached hydrogens (tertiary/aromatic N) is 1. The largest absolute Gasteiger partial charge is 0.366 e. The first-order valence-corrected chi connectivity index (χ1v) is 7.11. The molecule has 1 saturated heterocycles. The van der Waals surface area contributed by atoms with Gasteiger partial charge in [0, 0.05) is 13.6 Å². The topological polar surface area (TPSA) is 15.3 Å². The van der Waals surface area contributed by atoms with Crippen LogP contribution in [-0.4, -0.2) is 26.7 Å². The predicted molar refractivity (Wildman–Crippen MR) is 72.5 cm³/mol. The number of rotatable bonds is 4. The van der Waals surface area contributed by atoms with Crippen LogP contribution in [0.15, 0.2) is 11.4 Å². The van der Waals surface area contributed by atoms with Gasteiger partial charge in [-0.05, 0) is 62.2 Å². The second-order valence-corrected chi connectivity index (χ2v) is 5.71. The molecule has 0 aromatic carbocycles. The van der Waals surface area contributed by atoms with Crippen molar-refractivity contribution < 1.29 is 0 Å². The van der Waals surface area contributed by atoms with E-state index in [4.69, 9.17) is 0 Å². The molecule has 0 radical (unpaired) electrons. The lowest BCUT2D eigenvalue weighted by Gasteiger charge is -2.26. The Hall–Kier alpha value is -0.540. The van der Waals surface area contributed by atoms with E-state index in [-0.39, 0.29) is 0 Å². The summed E-state index contributed by atoms with van der Waals surface area (Å²) in [5.74, 6) is 0.934. The molecule has 90 valence electrons. The zero-order chi connectivity index (χ0) is 11.4. The third-order valence-electron chi connectivity index (χ3n) is 3.51. The van der Waals surface area contributed by atoms with E-state index in [1.165, 1.54) is 49.5 Å². The molecular formula is C13H22N2S. The maximum absolute atomic E-state index is 3.43. The minimum absolute atomic E-state index is 0.934. The van der Waals surface area contributed by atoms with Gasteiger partial charge in [0.25, 0.3) is 0 Å². The highest BCUT2D eigenvalue weighted by atomic mass is 32.1. The van der Waals surface area contributed by atoms with Gasteiger partial charge in [0.15, 0.2) is 0 Å². The highest BCUT2D eigenvalue weighted by Crippen LogP contribution is 2.26. The molecule has 16 heavy (non-hydrogen) atoms. The van der Waals surface area contributed by atoms with Gasteiger partial charge in [-0.1, -0.05) is 0 Å². The lowest BCUT2D eigenvalue weighted by Crippen LogP contribution is -2.30. The SMILES string of the molecule is Cc1ccsc1N(C)CCC1CCNCC1. The van der Waals surface area contributed by atoms with E-state index in [9.17, 15) is 0 Å². The van der Waals surface area contributed by atoms with Crippen LogP contribution in [0.1, 0.15) is 24.8 Å². The molecule has 0 atom stereocenters. The smallest absolute Gasteiger partial charge is 0.0935 e. The van der Waals surface area contributed by atoms with E-state index < -0.39 is 0 Å². The van der Waals surface area contributed by atoms with Gasteiger partial charge in [0.2, 0.25) is 0 Å². The molecule has 0 saturated carbocycles. The number of nitrogens with one attached hydrogen (secondary N) is 1. The standard InChI is InChI=1S/C13H22N2S/c1-11-6-10-16-13(11)15(2)9-5-12-3-7-14-8-4-12/h6,10,12,14H,3-5,7-9H2,1-2H3. The van der Waals surface area contributed by atoms with Gasteiger partial charge < -0.3 is 10.2 Å². The molecule has 1 aromatic heterocycles. The Balaban J connectivity index is 1.79. The number of piperidine rings is 1. The molecule has 1 fully saturated rings. The van der Waals surface area contributed by atoms with E-state index in [0.717, 1.165) is 5.92 Å². The van der Waals surface area contributed by atoms with Crippen molar-refractivity contribution in [2.45, 2.75) is 26.2 Å². The monoisotopic (exact) mass is 238 g/mol. The third kappa shape index (κ3) is 2.98. The number of aryl methyl sites for hydroxylation is 1. The Morgan fingerprint density at radius 2 is 2.19 bits per heavy atom. The summed E-state index contributed by atoms with van der Waals surface area (Å²) in [7, 11) is 2.22. The molecule has 0 spiro atoms. The Morgan fingerprint density at radius 3 is 2.81 bits per heavy atom. The van der Waals surface area contributed by atoms with Crippen LogP contribution in [0.25, 0.3) is 0 Å². The Morgan fingerprint density at radius 1 is 1.44 bits per heavy atom. The van der Waals surface area contributed by atoms with Gasteiger partial charge in [-0.3, -0.25) is 0 Å². The number of hydrogen-bond acceptors (Lipinski definition) is 3. The first-order valence-electron chi connectivity index (χ1n) is 6.23. The summed E-state index contributed by atoms with van der Waals surface area (Å²) in [5.41, 5.74) is 1.41. The highest BCUT2D eigenvalue weighted by molar-refractivity contribution is 7.14. The predicted octanol–water partition coefficient (Wildman–Crippen LogP) is 2.88. The molecule has 0 amide bonds. The molecule has 2 nitrogen and oxygen atoms in total. The van der Waals surface area contributed by atoms with Gasteiger partial charge in [-0.15, -0.1) is 11.3 Å². The summed E-state index contributed by atoms with van der Waals surface area (Å²) >= 11 is 1.86. The van der Waals surface area contributed by atoms with Crippen molar-refractivity contribution in [3.8, 4) is 0 Å². The van der Waals surface area contributed by atoms with Gasteiger partial charge in [0.1, 0.15) is 0 Å². The van der Waals surface area contributed by atoms with Crippen LogP contribution in [0.3, 0.4) is 0 Å². The maximum atomic E-state index is 3.43. The summed E-state index contributed by atoms with van der Waals surface area (Å²) < 4.78 is 0. The molecule has 1 aliphatic heterocycles. The lowest BCUT2D eigenvalue weighted by molar-refractivity contribution is 0.357. The fourth-order valence-corrected chi connectivity index (χ4v) is 3.33. The second kappa shape index (κ2) is 5.69. The van der Waals surface area contributed by atoms with Crippen LogP contribution in [-0.2, 0) is 0 Å². The average Bonchev–Trinajstić information content (AvgIpc) is 2.74. The number of anilines is 1. The zero-order valence-corrected chi connectivity index (χ0v) is 11.1. The summed E-state index contributed by atoms with van der Waals surface area (Å²) in [6, 6.07) is 2.21. The molecule has 0 bridgehead atoms. The minimum Gasteiger partial charge on any atom is -0.366 e. The van der Waals surface area contributed by atoms with Crippen molar-refractivity contribution in [2.75, 3.05) is 31.6 Å². The zero-order valence-electron chi connectivity index (χ0n) is 10.3. The Kier molecular flexibility index (Phi) is 4.24. The van der Waals surface area contributed by atoms with Crippen molar-refractivity contribution in [1.29, 1.82) is 0 Å². The summed E-state index contributed by atoms with van der Waals surface area (Å²) in [6.45, 7) is 5.83. The lowest BCUT2D eigenvalue weighted by atomic mass is 9.94. The quantitative estimate of drug-likeness (QED) is 0.867. The highest BCUT2D eigenvalue weighted by Gasteiger charge is 2.14. The van der Waals surface area contributed by atoms with Gasteiger partial charge in [-0.2, -0.15) is 0 Å². The van der Waals surface area contributed by atoms with Crippen LogP contribution < -0.4 is 10.2 Å². The molecule has 0 aliphatic carbocycles. The van der Waals surface area contributed by atoms with Crippen LogP contribution in [0.2, 0.25) is 0 Å². The summed E-state index contributed by atoms with van der Waals surface area (Å²) in [4.78, 5) is 2.42. The fraction of sp³-hybridized carbons (Fsp3) is 0.692.